The number of nitrogens with zero attached hydrogens (tertiary/aromatic N) is 3. The van der Waals surface area contributed by atoms with Crippen LogP contribution in [0.2, 0.25) is 0 Å². The first-order valence-electron chi connectivity index (χ1n) is 8.31. The minimum absolute atomic E-state index is 0.00585. The van der Waals surface area contributed by atoms with E-state index in [0.29, 0.717) is 0 Å². The van der Waals surface area contributed by atoms with Crippen LogP contribution in [-0.2, 0) is 17.6 Å². The van der Waals surface area contributed by atoms with Gasteiger partial charge in [-0.25, -0.2) is 4.98 Å². The van der Waals surface area contributed by atoms with Crippen molar-refractivity contribution in [1.82, 2.24) is 14.5 Å². The summed E-state index contributed by atoms with van der Waals surface area (Å²) in [4.78, 5) is 19.0. The van der Waals surface area contributed by atoms with Gasteiger partial charge in [0, 0.05) is 25.0 Å². The van der Waals surface area contributed by atoms with E-state index >= 15 is 0 Å². The topological polar surface area (TPSA) is 38.1 Å². The van der Waals surface area contributed by atoms with Crippen molar-refractivity contribution in [2.24, 2.45) is 0 Å². The fourth-order valence-electron chi connectivity index (χ4n) is 3.47. The number of carbonyl (C=O) groups excluding carboxylic acids is 1. The molecule has 1 aliphatic carbocycles. The Morgan fingerprint density at radius 1 is 1.17 bits per heavy atom. The summed E-state index contributed by atoms with van der Waals surface area (Å²) in [5.41, 5.74) is 3.72. The second-order valence-corrected chi connectivity index (χ2v) is 7.49. The van der Waals surface area contributed by atoms with Gasteiger partial charge >= 0.3 is 0 Å². The first-order chi connectivity index (χ1) is 11.2. The molecule has 1 saturated heterocycles. The Labute approximate surface area is 140 Å². The summed E-state index contributed by atoms with van der Waals surface area (Å²) in [6, 6.07) is 10.4. The molecular weight excluding hydrogens is 306 g/mol. The van der Waals surface area contributed by atoms with Gasteiger partial charge in [0.1, 0.15) is 0 Å². The molecule has 2 aromatic rings. The number of amides is 1. The second-order valence-electron chi connectivity index (χ2n) is 6.32. The van der Waals surface area contributed by atoms with Crippen molar-refractivity contribution < 1.29 is 4.79 Å². The molecule has 1 unspecified atom stereocenters. The van der Waals surface area contributed by atoms with Crippen LogP contribution in [0.25, 0.3) is 5.69 Å². The molecule has 2 heterocycles. The molecule has 1 aromatic heterocycles. The quantitative estimate of drug-likeness (QED) is 0.869. The summed E-state index contributed by atoms with van der Waals surface area (Å²) in [6.07, 6.45) is 5.48. The zero-order valence-electron chi connectivity index (χ0n) is 13.4. The molecule has 0 spiro atoms. The Kier molecular flexibility index (Phi) is 3.89. The molecule has 1 aliphatic heterocycles. The summed E-state index contributed by atoms with van der Waals surface area (Å²) in [6.45, 7) is 0.849. The van der Waals surface area contributed by atoms with Gasteiger partial charge in [0.25, 0.3) is 0 Å². The smallest absolute Gasteiger partial charge is 0.235 e. The molecule has 1 aromatic carbocycles. The van der Waals surface area contributed by atoms with Crippen LogP contribution in [0.15, 0.2) is 35.5 Å². The van der Waals surface area contributed by atoms with Crippen LogP contribution in [0.3, 0.4) is 0 Å². The highest BCUT2D eigenvalue weighted by Gasteiger charge is 2.32. The van der Waals surface area contributed by atoms with Gasteiger partial charge in [-0.1, -0.05) is 30.0 Å². The van der Waals surface area contributed by atoms with E-state index in [9.17, 15) is 4.79 Å². The van der Waals surface area contributed by atoms with Gasteiger partial charge in [0.15, 0.2) is 5.16 Å². The van der Waals surface area contributed by atoms with Gasteiger partial charge in [-0.05, 0) is 44.2 Å². The maximum atomic E-state index is 12.3. The third kappa shape index (κ3) is 2.67. The van der Waals surface area contributed by atoms with Gasteiger partial charge in [0.05, 0.1) is 10.9 Å². The Hall–Kier alpha value is -1.75. The van der Waals surface area contributed by atoms with Gasteiger partial charge in [-0.3, -0.25) is 9.36 Å². The number of hydrogen-bond acceptors (Lipinski definition) is 3. The van der Waals surface area contributed by atoms with E-state index < -0.39 is 0 Å². The van der Waals surface area contributed by atoms with Crippen molar-refractivity contribution in [2.75, 3.05) is 13.6 Å². The normalized spacial score (nSPS) is 20.8. The van der Waals surface area contributed by atoms with Gasteiger partial charge in [-0.15, -0.1) is 0 Å². The molecule has 0 radical (unpaired) electrons. The zero-order valence-corrected chi connectivity index (χ0v) is 14.2. The molecule has 23 heavy (non-hydrogen) atoms. The molecule has 120 valence electrons. The fourth-order valence-corrected chi connectivity index (χ4v) is 4.71. The molecule has 1 fully saturated rings. The number of thioether (sulfide) groups is 1. The lowest BCUT2D eigenvalue weighted by molar-refractivity contribution is -0.126. The van der Waals surface area contributed by atoms with Crippen LogP contribution in [0.5, 0.6) is 0 Å². The molecular formula is C18H21N3OS. The highest BCUT2D eigenvalue weighted by atomic mass is 32.2. The maximum Gasteiger partial charge on any atom is 0.235 e. The number of hydrogen-bond donors (Lipinski definition) is 0. The van der Waals surface area contributed by atoms with Crippen LogP contribution >= 0.6 is 11.8 Å². The Bertz CT molecular complexity index is 725. The molecule has 1 amide bonds. The largest absolute Gasteiger partial charge is 0.345 e. The number of carbonyl (C=O) groups is 1. The van der Waals surface area contributed by atoms with Crippen LogP contribution < -0.4 is 0 Å². The highest BCUT2D eigenvalue weighted by Crippen LogP contribution is 2.35. The summed E-state index contributed by atoms with van der Waals surface area (Å²) in [5.74, 6) is 0.232. The molecule has 2 aliphatic rings. The van der Waals surface area contributed by atoms with Crippen molar-refractivity contribution in [2.45, 2.75) is 42.5 Å². The summed E-state index contributed by atoms with van der Waals surface area (Å²) >= 11 is 1.64. The van der Waals surface area contributed by atoms with E-state index in [1.807, 2.05) is 18.0 Å². The molecule has 4 rings (SSSR count). The summed E-state index contributed by atoms with van der Waals surface area (Å²) in [7, 11) is 1.89. The van der Waals surface area contributed by atoms with Crippen LogP contribution in [0.4, 0.5) is 0 Å². The lowest BCUT2D eigenvalue weighted by Gasteiger charge is -2.16. The van der Waals surface area contributed by atoms with E-state index in [4.69, 9.17) is 4.98 Å². The third-order valence-electron chi connectivity index (χ3n) is 4.74. The molecule has 0 bridgehead atoms. The summed E-state index contributed by atoms with van der Waals surface area (Å²) in [5, 5.41) is 0.989. The Morgan fingerprint density at radius 3 is 2.70 bits per heavy atom. The van der Waals surface area contributed by atoms with E-state index in [2.05, 4.69) is 28.8 Å². The minimum atomic E-state index is 0.00585. The van der Waals surface area contributed by atoms with Crippen LogP contribution in [-0.4, -0.2) is 39.2 Å². The standard InChI is InChI=1S/C18H21N3OS/c1-20-12-11-16(17(20)22)23-18-19-14-9-5-6-10-15(14)21(18)13-7-3-2-4-8-13/h2-4,7-8,16H,5-6,9-12H2,1H3. The first-order valence-corrected chi connectivity index (χ1v) is 9.19. The van der Waals surface area contributed by atoms with Crippen LogP contribution in [0, 0.1) is 0 Å². The SMILES string of the molecule is CN1CCC(Sc2nc3c(n2-c2ccccc2)CCCC3)C1=O. The molecule has 1 atom stereocenters. The van der Waals surface area contributed by atoms with E-state index in [-0.39, 0.29) is 11.2 Å². The van der Waals surface area contributed by atoms with E-state index in [1.54, 1.807) is 11.8 Å². The van der Waals surface area contributed by atoms with Gasteiger partial charge in [0.2, 0.25) is 5.91 Å². The van der Waals surface area contributed by atoms with Crippen LogP contribution in [0.1, 0.15) is 30.7 Å². The van der Waals surface area contributed by atoms with Gasteiger partial charge in [-0.2, -0.15) is 0 Å². The number of fused-ring (bicyclic) bond motifs is 1. The molecule has 5 heteroatoms. The number of imidazole rings is 1. The number of benzene rings is 1. The van der Waals surface area contributed by atoms with Crippen molar-refractivity contribution >= 4 is 17.7 Å². The predicted molar refractivity (Wildman–Crippen MR) is 92.1 cm³/mol. The van der Waals surface area contributed by atoms with E-state index in [0.717, 1.165) is 36.7 Å². The van der Waals surface area contributed by atoms with Gasteiger partial charge < -0.3 is 4.90 Å². The van der Waals surface area contributed by atoms with E-state index in [1.165, 1.54) is 24.2 Å². The lowest BCUT2D eigenvalue weighted by Crippen LogP contribution is -2.24. The second kappa shape index (κ2) is 6.04. The number of aromatic nitrogens is 2. The number of aryl methyl sites for hydroxylation is 1. The molecule has 0 N–H and O–H groups in total. The Morgan fingerprint density at radius 2 is 1.96 bits per heavy atom. The fraction of sp³-hybridized carbons (Fsp3) is 0.444. The van der Waals surface area contributed by atoms with Crippen molar-refractivity contribution in [3.05, 3.63) is 41.7 Å². The Balaban J connectivity index is 1.74. The number of likely N-dealkylation sites (tertiary alicyclic amines) is 1. The van der Waals surface area contributed by atoms with Crippen molar-refractivity contribution in [3.63, 3.8) is 0 Å². The first kappa shape index (κ1) is 14.8. The van der Waals surface area contributed by atoms with Crippen molar-refractivity contribution in [3.8, 4) is 5.69 Å². The average Bonchev–Trinajstić information content (AvgIpc) is 3.10. The molecule has 0 saturated carbocycles. The van der Waals surface area contributed by atoms with Crippen molar-refractivity contribution in [1.29, 1.82) is 0 Å². The average molecular weight is 327 g/mol. The lowest BCUT2D eigenvalue weighted by atomic mass is 10.0. The zero-order chi connectivity index (χ0) is 15.8. The predicted octanol–water partition coefficient (Wildman–Crippen LogP) is 3.07. The monoisotopic (exact) mass is 327 g/mol. The number of para-hydroxylation sites is 1. The summed E-state index contributed by atoms with van der Waals surface area (Å²) < 4.78 is 2.28. The molecule has 4 nitrogen and oxygen atoms in total. The highest BCUT2D eigenvalue weighted by molar-refractivity contribution is 8.00. The number of rotatable bonds is 3. The third-order valence-corrected chi connectivity index (χ3v) is 5.95. The maximum absolute atomic E-state index is 12.3. The minimum Gasteiger partial charge on any atom is -0.345 e.